The SMILES string of the molecule is COc1cc(/C=C2/C(=O)NC(=O)N(c3ccc(Br)cc3)C2=O)cc(Cl)c1OCc1ccc(C)cc1. The quantitative estimate of drug-likeness (QED) is 0.313. The number of methoxy groups -OCH3 is 1. The zero-order chi connectivity index (χ0) is 25.1. The van der Waals surface area contributed by atoms with E-state index in [1.165, 1.54) is 13.2 Å². The number of nitrogens with zero attached hydrogens (tertiary/aromatic N) is 1. The largest absolute Gasteiger partial charge is 0.493 e. The number of carbonyl (C=O) groups is 3. The summed E-state index contributed by atoms with van der Waals surface area (Å²) >= 11 is 9.78. The summed E-state index contributed by atoms with van der Waals surface area (Å²) in [6.07, 6.45) is 1.36. The van der Waals surface area contributed by atoms with Crippen LogP contribution in [0.25, 0.3) is 6.08 Å². The molecule has 0 unspecified atom stereocenters. The minimum atomic E-state index is -0.824. The number of amides is 4. The Balaban J connectivity index is 1.63. The molecule has 4 rings (SSSR count). The normalized spacial score (nSPS) is 14.8. The predicted molar refractivity (Wildman–Crippen MR) is 137 cm³/mol. The smallest absolute Gasteiger partial charge is 0.335 e. The molecule has 0 bridgehead atoms. The molecule has 1 aliphatic heterocycles. The first kappa shape index (κ1) is 24.5. The van der Waals surface area contributed by atoms with E-state index in [0.29, 0.717) is 22.7 Å². The van der Waals surface area contributed by atoms with Gasteiger partial charge >= 0.3 is 6.03 Å². The highest BCUT2D eigenvalue weighted by molar-refractivity contribution is 9.10. The molecule has 7 nitrogen and oxygen atoms in total. The minimum absolute atomic E-state index is 0.223. The van der Waals surface area contributed by atoms with E-state index in [1.54, 1.807) is 36.4 Å². The number of hydrogen-bond acceptors (Lipinski definition) is 5. The lowest BCUT2D eigenvalue weighted by Crippen LogP contribution is -2.54. The fraction of sp³-hybridized carbons (Fsp3) is 0.115. The van der Waals surface area contributed by atoms with E-state index in [9.17, 15) is 14.4 Å². The summed E-state index contributed by atoms with van der Waals surface area (Å²) in [6, 6.07) is 16.8. The fourth-order valence-corrected chi connectivity index (χ4v) is 3.99. The molecule has 0 radical (unpaired) electrons. The second-order valence-corrected chi connectivity index (χ2v) is 9.07. The number of carbonyl (C=O) groups excluding carboxylic acids is 3. The molecule has 0 aliphatic carbocycles. The van der Waals surface area contributed by atoms with Gasteiger partial charge in [0.1, 0.15) is 12.2 Å². The van der Waals surface area contributed by atoms with Crippen molar-refractivity contribution in [3.63, 3.8) is 0 Å². The van der Waals surface area contributed by atoms with Gasteiger partial charge in [0, 0.05) is 4.47 Å². The molecule has 0 spiro atoms. The highest BCUT2D eigenvalue weighted by Gasteiger charge is 2.36. The van der Waals surface area contributed by atoms with Crippen LogP contribution in [0, 0.1) is 6.92 Å². The van der Waals surface area contributed by atoms with Gasteiger partial charge in [0.25, 0.3) is 11.8 Å². The van der Waals surface area contributed by atoms with Gasteiger partial charge in [-0.05, 0) is 60.5 Å². The van der Waals surface area contributed by atoms with Gasteiger partial charge in [-0.1, -0.05) is 57.4 Å². The van der Waals surface area contributed by atoms with Crippen LogP contribution in [0.3, 0.4) is 0 Å². The maximum atomic E-state index is 13.1. The molecule has 1 fully saturated rings. The van der Waals surface area contributed by atoms with E-state index in [0.717, 1.165) is 20.5 Å². The van der Waals surface area contributed by atoms with Crippen LogP contribution in [-0.2, 0) is 16.2 Å². The van der Waals surface area contributed by atoms with Crippen molar-refractivity contribution in [3.8, 4) is 11.5 Å². The third-order valence-electron chi connectivity index (χ3n) is 5.25. The fourth-order valence-electron chi connectivity index (χ4n) is 3.45. The first-order chi connectivity index (χ1) is 16.8. The number of benzene rings is 3. The van der Waals surface area contributed by atoms with Gasteiger partial charge in [-0.15, -0.1) is 0 Å². The van der Waals surface area contributed by atoms with Crippen LogP contribution in [0.1, 0.15) is 16.7 Å². The van der Waals surface area contributed by atoms with E-state index >= 15 is 0 Å². The molecule has 9 heteroatoms. The number of rotatable bonds is 6. The van der Waals surface area contributed by atoms with E-state index in [1.807, 2.05) is 31.2 Å². The lowest BCUT2D eigenvalue weighted by Gasteiger charge is -2.26. The molecule has 4 amide bonds. The van der Waals surface area contributed by atoms with Crippen LogP contribution in [-0.4, -0.2) is 25.0 Å². The van der Waals surface area contributed by atoms with Crippen LogP contribution in [0.15, 0.2) is 70.7 Å². The molecule has 3 aromatic carbocycles. The summed E-state index contributed by atoms with van der Waals surface area (Å²) in [4.78, 5) is 38.9. The van der Waals surface area contributed by atoms with Crippen LogP contribution in [0.4, 0.5) is 10.5 Å². The lowest BCUT2D eigenvalue weighted by atomic mass is 10.1. The summed E-state index contributed by atoms with van der Waals surface area (Å²) in [5.41, 5.74) is 2.63. The predicted octanol–water partition coefficient (Wildman–Crippen LogP) is 5.66. The van der Waals surface area contributed by atoms with Crippen molar-refractivity contribution in [3.05, 3.63) is 92.4 Å². The zero-order valence-corrected chi connectivity index (χ0v) is 21.1. The Hall–Kier alpha value is -3.62. The summed E-state index contributed by atoms with van der Waals surface area (Å²) in [5, 5.41) is 2.44. The van der Waals surface area contributed by atoms with E-state index in [4.69, 9.17) is 21.1 Å². The van der Waals surface area contributed by atoms with Crippen LogP contribution in [0.2, 0.25) is 5.02 Å². The van der Waals surface area contributed by atoms with Crippen molar-refractivity contribution < 1.29 is 23.9 Å². The minimum Gasteiger partial charge on any atom is -0.493 e. The van der Waals surface area contributed by atoms with E-state index in [2.05, 4.69) is 21.2 Å². The van der Waals surface area contributed by atoms with Gasteiger partial charge in [-0.25, -0.2) is 9.69 Å². The molecule has 1 N–H and O–H groups in total. The number of barbiturate groups is 1. The molecule has 0 atom stereocenters. The van der Waals surface area contributed by atoms with Crippen molar-refractivity contribution >= 4 is 57.1 Å². The van der Waals surface area contributed by atoms with Crippen molar-refractivity contribution in [1.82, 2.24) is 5.32 Å². The van der Waals surface area contributed by atoms with Gasteiger partial charge in [0.05, 0.1) is 17.8 Å². The Morgan fingerprint density at radius 2 is 1.71 bits per heavy atom. The number of imide groups is 2. The summed E-state index contributed by atoms with van der Waals surface area (Å²) in [7, 11) is 1.47. The molecular formula is C26H20BrClN2O5. The number of aryl methyl sites for hydroxylation is 1. The summed E-state index contributed by atoms with van der Waals surface area (Å²) in [6.45, 7) is 2.28. The first-order valence-corrected chi connectivity index (χ1v) is 11.7. The molecule has 178 valence electrons. The zero-order valence-electron chi connectivity index (χ0n) is 18.8. The Bertz CT molecular complexity index is 1340. The monoisotopic (exact) mass is 554 g/mol. The lowest BCUT2D eigenvalue weighted by molar-refractivity contribution is -0.122. The average Bonchev–Trinajstić information content (AvgIpc) is 2.83. The van der Waals surface area contributed by atoms with Crippen molar-refractivity contribution in [2.24, 2.45) is 0 Å². The summed E-state index contributed by atoms with van der Waals surface area (Å²) in [5.74, 6) is -0.886. The molecule has 1 aliphatic rings. The van der Waals surface area contributed by atoms with Gasteiger partial charge < -0.3 is 9.47 Å². The molecule has 3 aromatic rings. The number of ether oxygens (including phenoxy) is 2. The maximum absolute atomic E-state index is 13.1. The highest BCUT2D eigenvalue weighted by Crippen LogP contribution is 2.38. The Kier molecular flexibility index (Phi) is 7.23. The van der Waals surface area contributed by atoms with Crippen molar-refractivity contribution in [2.45, 2.75) is 13.5 Å². The number of hydrogen-bond donors (Lipinski definition) is 1. The first-order valence-electron chi connectivity index (χ1n) is 10.5. The van der Waals surface area contributed by atoms with Gasteiger partial charge in [0.2, 0.25) is 0 Å². The second kappa shape index (κ2) is 10.3. The second-order valence-electron chi connectivity index (χ2n) is 7.74. The number of urea groups is 1. The third-order valence-corrected chi connectivity index (χ3v) is 6.06. The van der Waals surface area contributed by atoms with Crippen molar-refractivity contribution in [1.29, 1.82) is 0 Å². The number of anilines is 1. The van der Waals surface area contributed by atoms with Gasteiger partial charge in [-0.2, -0.15) is 0 Å². The third kappa shape index (κ3) is 5.39. The van der Waals surface area contributed by atoms with Gasteiger partial charge in [0.15, 0.2) is 11.5 Å². The molecule has 0 saturated carbocycles. The van der Waals surface area contributed by atoms with E-state index < -0.39 is 17.8 Å². The van der Waals surface area contributed by atoms with Gasteiger partial charge in [-0.3, -0.25) is 14.9 Å². The summed E-state index contributed by atoms with van der Waals surface area (Å²) < 4.78 is 12.1. The maximum Gasteiger partial charge on any atom is 0.335 e. The molecule has 1 heterocycles. The number of halogens is 2. The van der Waals surface area contributed by atoms with Crippen molar-refractivity contribution in [2.75, 3.05) is 12.0 Å². The Labute approximate surface area is 215 Å². The molecule has 1 saturated heterocycles. The standard InChI is InChI=1S/C26H20BrClN2O5/c1-15-3-5-16(6-4-15)14-35-23-21(28)12-17(13-22(23)34-2)11-20-24(31)29-26(33)30(25(20)32)19-9-7-18(27)8-10-19/h3-13H,14H2,1-2H3,(H,29,31,33)/b20-11-. The topological polar surface area (TPSA) is 84.9 Å². The Morgan fingerprint density at radius 3 is 2.37 bits per heavy atom. The van der Waals surface area contributed by atoms with Crippen LogP contribution >= 0.6 is 27.5 Å². The average molecular weight is 556 g/mol. The van der Waals surface area contributed by atoms with Crippen LogP contribution in [0.5, 0.6) is 11.5 Å². The van der Waals surface area contributed by atoms with Crippen LogP contribution < -0.4 is 19.7 Å². The molecule has 0 aromatic heterocycles. The number of nitrogens with one attached hydrogen (secondary N) is 1. The highest BCUT2D eigenvalue weighted by atomic mass is 79.9. The van der Waals surface area contributed by atoms with E-state index in [-0.39, 0.29) is 17.2 Å². The molecule has 35 heavy (non-hydrogen) atoms. The molecular weight excluding hydrogens is 536 g/mol. The Morgan fingerprint density at radius 1 is 1.03 bits per heavy atom.